The zero-order valence-electron chi connectivity index (χ0n) is 15.3. The molecule has 1 heterocycles. The van der Waals surface area contributed by atoms with Gasteiger partial charge in [-0.1, -0.05) is 12.1 Å². The van der Waals surface area contributed by atoms with Crippen molar-refractivity contribution in [3.63, 3.8) is 0 Å². The van der Waals surface area contributed by atoms with Crippen LogP contribution in [-0.2, 0) is 9.53 Å². The van der Waals surface area contributed by atoms with E-state index in [-0.39, 0.29) is 11.9 Å². The second kappa shape index (κ2) is 8.04. The molecular formula is C21H23NO4. The van der Waals surface area contributed by atoms with Crippen LogP contribution in [0.3, 0.4) is 0 Å². The summed E-state index contributed by atoms with van der Waals surface area (Å²) in [6.45, 7) is 2.72. The van der Waals surface area contributed by atoms with Crippen LogP contribution in [-0.4, -0.2) is 39.1 Å². The van der Waals surface area contributed by atoms with Crippen LogP contribution in [0.5, 0.6) is 11.5 Å². The normalized spacial score (nSPS) is 19.0. The van der Waals surface area contributed by atoms with Crippen molar-refractivity contribution in [2.75, 3.05) is 27.4 Å². The van der Waals surface area contributed by atoms with E-state index in [4.69, 9.17) is 19.2 Å². The number of ether oxygens (including phenoxy) is 3. The summed E-state index contributed by atoms with van der Waals surface area (Å²) in [5, 5.41) is 0. The number of carbonyl (C=O) groups is 1. The van der Waals surface area contributed by atoms with Gasteiger partial charge >= 0.3 is 5.97 Å². The van der Waals surface area contributed by atoms with Gasteiger partial charge in [0.2, 0.25) is 0 Å². The molecule has 2 atom stereocenters. The first-order valence-corrected chi connectivity index (χ1v) is 8.67. The summed E-state index contributed by atoms with van der Waals surface area (Å²) in [5.74, 6) is 0.858. The number of hydrogen-bond donors (Lipinski definition) is 0. The summed E-state index contributed by atoms with van der Waals surface area (Å²) in [5.41, 5.74) is 2.74. The highest BCUT2D eigenvalue weighted by Gasteiger charge is 2.39. The topological polar surface area (TPSA) is 57.1 Å². The molecule has 5 heteroatoms. The highest BCUT2D eigenvalue weighted by Crippen LogP contribution is 2.35. The SMILES string of the molecule is CCOC(=O)C1C(c2ccc(OC)cc2)=NCC1c1ccc(OC)cc1. The maximum Gasteiger partial charge on any atom is 0.315 e. The molecule has 26 heavy (non-hydrogen) atoms. The number of nitrogens with zero attached hydrogens (tertiary/aromatic N) is 1. The highest BCUT2D eigenvalue weighted by atomic mass is 16.5. The Hall–Kier alpha value is -2.82. The first-order valence-electron chi connectivity index (χ1n) is 8.67. The molecule has 2 aromatic rings. The van der Waals surface area contributed by atoms with Crippen molar-refractivity contribution in [1.82, 2.24) is 0 Å². The number of rotatable bonds is 6. The van der Waals surface area contributed by atoms with E-state index in [1.807, 2.05) is 55.5 Å². The smallest absolute Gasteiger partial charge is 0.315 e. The fourth-order valence-corrected chi connectivity index (χ4v) is 3.28. The van der Waals surface area contributed by atoms with Gasteiger partial charge in [-0.05, 0) is 54.4 Å². The molecule has 0 aliphatic carbocycles. The molecule has 3 rings (SSSR count). The Morgan fingerprint density at radius 3 is 2.12 bits per heavy atom. The van der Waals surface area contributed by atoms with E-state index in [2.05, 4.69) is 0 Å². The largest absolute Gasteiger partial charge is 0.497 e. The monoisotopic (exact) mass is 353 g/mol. The van der Waals surface area contributed by atoms with Crippen LogP contribution in [0.2, 0.25) is 0 Å². The molecule has 2 aromatic carbocycles. The summed E-state index contributed by atoms with van der Waals surface area (Å²) in [6, 6.07) is 15.4. The lowest BCUT2D eigenvalue weighted by Crippen LogP contribution is -2.29. The van der Waals surface area contributed by atoms with Gasteiger partial charge in [-0.3, -0.25) is 9.79 Å². The van der Waals surface area contributed by atoms with Gasteiger partial charge in [-0.15, -0.1) is 0 Å². The van der Waals surface area contributed by atoms with Gasteiger partial charge in [0.15, 0.2) is 0 Å². The fraction of sp³-hybridized carbons (Fsp3) is 0.333. The Bertz CT molecular complexity index is 781. The average molecular weight is 353 g/mol. The molecule has 2 unspecified atom stereocenters. The van der Waals surface area contributed by atoms with Crippen LogP contribution in [0.1, 0.15) is 24.0 Å². The van der Waals surface area contributed by atoms with E-state index in [1.54, 1.807) is 14.2 Å². The molecule has 0 saturated carbocycles. The molecule has 1 aliphatic heterocycles. The van der Waals surface area contributed by atoms with Crippen LogP contribution in [0, 0.1) is 5.92 Å². The van der Waals surface area contributed by atoms with Crippen molar-refractivity contribution in [3.05, 3.63) is 59.7 Å². The van der Waals surface area contributed by atoms with Gasteiger partial charge in [-0.25, -0.2) is 0 Å². The van der Waals surface area contributed by atoms with Crippen molar-refractivity contribution in [1.29, 1.82) is 0 Å². The van der Waals surface area contributed by atoms with E-state index < -0.39 is 5.92 Å². The zero-order chi connectivity index (χ0) is 18.5. The highest BCUT2D eigenvalue weighted by molar-refractivity contribution is 6.13. The van der Waals surface area contributed by atoms with Gasteiger partial charge < -0.3 is 14.2 Å². The fourth-order valence-electron chi connectivity index (χ4n) is 3.28. The summed E-state index contributed by atoms with van der Waals surface area (Å²) < 4.78 is 15.8. The van der Waals surface area contributed by atoms with Crippen LogP contribution in [0.25, 0.3) is 0 Å². The predicted octanol–water partition coefficient (Wildman–Crippen LogP) is 3.47. The first kappa shape index (κ1) is 18.0. The lowest BCUT2D eigenvalue weighted by molar-refractivity contribution is -0.145. The minimum Gasteiger partial charge on any atom is -0.497 e. The molecule has 136 valence electrons. The predicted molar refractivity (Wildman–Crippen MR) is 100 cm³/mol. The third kappa shape index (κ3) is 3.57. The summed E-state index contributed by atoms with van der Waals surface area (Å²) >= 11 is 0. The number of esters is 1. The van der Waals surface area contributed by atoms with Gasteiger partial charge in [0.1, 0.15) is 17.4 Å². The standard InChI is InChI=1S/C21H23NO4/c1-4-26-21(23)19-18(14-5-9-16(24-2)10-6-14)13-22-20(19)15-7-11-17(25-3)12-8-15/h5-12,18-19H,4,13H2,1-3H3. The molecule has 0 aromatic heterocycles. The maximum absolute atomic E-state index is 12.7. The van der Waals surface area contributed by atoms with E-state index >= 15 is 0 Å². The molecule has 0 saturated heterocycles. The second-order valence-electron chi connectivity index (χ2n) is 6.06. The lowest BCUT2D eigenvalue weighted by atomic mass is 9.83. The molecule has 0 bridgehead atoms. The molecule has 0 N–H and O–H groups in total. The van der Waals surface area contributed by atoms with Crippen molar-refractivity contribution >= 4 is 11.7 Å². The minimum absolute atomic E-state index is 0.0444. The maximum atomic E-state index is 12.7. The molecule has 0 fully saturated rings. The summed E-state index contributed by atoms with van der Waals surface area (Å²) in [7, 11) is 3.26. The van der Waals surface area contributed by atoms with E-state index in [0.717, 1.165) is 28.3 Å². The van der Waals surface area contributed by atoms with Crippen molar-refractivity contribution in [3.8, 4) is 11.5 Å². The number of benzene rings is 2. The Morgan fingerprint density at radius 1 is 1.00 bits per heavy atom. The minimum atomic E-state index is -0.420. The van der Waals surface area contributed by atoms with Crippen LogP contribution >= 0.6 is 0 Å². The first-order chi connectivity index (χ1) is 12.7. The van der Waals surface area contributed by atoms with Gasteiger partial charge in [-0.2, -0.15) is 0 Å². The van der Waals surface area contributed by atoms with Crippen LogP contribution in [0.4, 0.5) is 0 Å². The molecule has 0 spiro atoms. The molecule has 5 nitrogen and oxygen atoms in total. The number of methoxy groups -OCH3 is 2. The van der Waals surface area contributed by atoms with Crippen molar-refractivity contribution < 1.29 is 19.0 Å². The third-order valence-corrected chi connectivity index (χ3v) is 4.63. The van der Waals surface area contributed by atoms with Gasteiger partial charge in [0.05, 0.1) is 26.5 Å². The number of carbonyl (C=O) groups excluding carboxylic acids is 1. The van der Waals surface area contributed by atoms with Crippen molar-refractivity contribution in [2.45, 2.75) is 12.8 Å². The Morgan fingerprint density at radius 2 is 1.58 bits per heavy atom. The van der Waals surface area contributed by atoms with Crippen LogP contribution < -0.4 is 9.47 Å². The quantitative estimate of drug-likeness (QED) is 0.746. The van der Waals surface area contributed by atoms with Gasteiger partial charge in [0.25, 0.3) is 0 Å². The van der Waals surface area contributed by atoms with E-state index in [0.29, 0.717) is 13.2 Å². The Labute approximate surface area is 153 Å². The molecule has 1 aliphatic rings. The van der Waals surface area contributed by atoms with E-state index in [1.165, 1.54) is 0 Å². The molecular weight excluding hydrogens is 330 g/mol. The van der Waals surface area contributed by atoms with E-state index in [9.17, 15) is 4.79 Å². The average Bonchev–Trinajstić information content (AvgIpc) is 3.13. The second-order valence-corrected chi connectivity index (χ2v) is 6.06. The number of hydrogen-bond acceptors (Lipinski definition) is 5. The van der Waals surface area contributed by atoms with Crippen LogP contribution in [0.15, 0.2) is 53.5 Å². The lowest BCUT2D eigenvalue weighted by Gasteiger charge is -2.20. The molecule has 0 amide bonds. The summed E-state index contributed by atoms with van der Waals surface area (Å²) in [4.78, 5) is 17.4. The third-order valence-electron chi connectivity index (χ3n) is 4.63. The Balaban J connectivity index is 1.92. The molecule has 0 radical (unpaired) electrons. The number of aliphatic imine (C=N–C) groups is 1. The van der Waals surface area contributed by atoms with Gasteiger partial charge in [0, 0.05) is 12.5 Å². The Kier molecular flexibility index (Phi) is 5.56. The zero-order valence-corrected chi connectivity index (χ0v) is 15.3. The summed E-state index contributed by atoms with van der Waals surface area (Å²) in [6.07, 6.45) is 0. The van der Waals surface area contributed by atoms with Crippen molar-refractivity contribution in [2.24, 2.45) is 10.9 Å².